The third-order valence-electron chi connectivity index (χ3n) is 11.2. The summed E-state index contributed by atoms with van der Waals surface area (Å²) in [7, 11) is 0. The van der Waals surface area contributed by atoms with Gasteiger partial charge >= 0.3 is 12.2 Å². The summed E-state index contributed by atoms with van der Waals surface area (Å²) in [5.74, 6) is -2.17. The van der Waals surface area contributed by atoms with Gasteiger partial charge in [-0.15, -0.1) is 0 Å². The van der Waals surface area contributed by atoms with Gasteiger partial charge in [0.05, 0.1) is 16.6 Å². The number of aromatic nitrogens is 2. The van der Waals surface area contributed by atoms with Crippen LogP contribution in [0.4, 0.5) is 42.2 Å². The normalized spacial score (nSPS) is 27.7. The van der Waals surface area contributed by atoms with E-state index < -0.39 is 58.1 Å². The van der Waals surface area contributed by atoms with Crippen molar-refractivity contribution in [2.24, 2.45) is 5.92 Å². The first-order chi connectivity index (χ1) is 23.2. The summed E-state index contributed by atoms with van der Waals surface area (Å²) in [5.41, 5.74) is 3.22. The van der Waals surface area contributed by atoms with E-state index in [1.807, 2.05) is 0 Å². The van der Waals surface area contributed by atoms with Gasteiger partial charge in [0.25, 0.3) is 6.08 Å². The van der Waals surface area contributed by atoms with E-state index in [1.165, 1.54) is 6.92 Å². The number of halogens is 7. The Morgan fingerprint density at radius 1 is 1.04 bits per heavy atom. The summed E-state index contributed by atoms with van der Waals surface area (Å²) >= 11 is 0. The van der Waals surface area contributed by atoms with Gasteiger partial charge < -0.3 is 20.7 Å². The van der Waals surface area contributed by atoms with Crippen LogP contribution in [0, 0.1) is 31.4 Å². The molecule has 5 aliphatic heterocycles. The molecule has 4 saturated heterocycles. The lowest BCUT2D eigenvalue weighted by atomic mass is 9.85. The first-order valence-electron chi connectivity index (χ1n) is 16.6. The molecule has 1 aromatic heterocycles. The number of fused-ring (bicyclic) bond motifs is 7. The number of piperazine rings is 1. The van der Waals surface area contributed by atoms with E-state index in [9.17, 15) is 26.3 Å². The van der Waals surface area contributed by atoms with Crippen molar-refractivity contribution in [3.05, 3.63) is 58.2 Å². The minimum atomic E-state index is -5.04. The zero-order valence-electron chi connectivity index (χ0n) is 27.0. The van der Waals surface area contributed by atoms with E-state index >= 15 is 4.39 Å². The minimum absolute atomic E-state index is 0.0143. The maximum Gasteiger partial charge on any atom is 0.417 e. The molecule has 6 heterocycles. The second-order valence-electron chi connectivity index (χ2n) is 14.1. The van der Waals surface area contributed by atoms with Gasteiger partial charge in [0.2, 0.25) is 0 Å². The summed E-state index contributed by atoms with van der Waals surface area (Å²) in [5, 5.41) is 3.96. The smallest absolute Gasteiger partial charge is 0.417 e. The largest absolute Gasteiger partial charge is 0.444 e. The van der Waals surface area contributed by atoms with E-state index in [4.69, 9.17) is 15.5 Å². The highest BCUT2D eigenvalue weighted by Gasteiger charge is 2.46. The van der Waals surface area contributed by atoms with Crippen LogP contribution in [-0.2, 0) is 6.18 Å². The third-order valence-corrected chi connectivity index (χ3v) is 11.2. The molecule has 4 bridgehead atoms. The van der Waals surface area contributed by atoms with Crippen molar-refractivity contribution in [2.75, 3.05) is 30.3 Å². The lowest BCUT2D eigenvalue weighted by Gasteiger charge is -2.45. The topological polar surface area (TPSA) is 79.5 Å². The number of benzene rings is 2. The number of nitrogens with zero attached hydrogens (tertiary/aromatic N) is 4. The summed E-state index contributed by atoms with van der Waals surface area (Å²) in [6, 6.07) is 0.721. The SMILES string of the molecule is C=C1C[C@@H]2[C@@H]3CC[C@H](CN2c2nc(OC4[C@@H]5CCCN4CC(=C(F)F)C5)nc4c(F)c(-c5cc(N)c(F)c(C)c5C(F)(F)F)c(C)c1c24)N3. The van der Waals surface area contributed by atoms with Crippen LogP contribution in [0.15, 0.2) is 24.3 Å². The highest BCUT2D eigenvalue weighted by atomic mass is 19.4. The number of nitrogen functional groups attached to an aromatic ring is 1. The van der Waals surface area contributed by atoms with Crippen LogP contribution in [-0.4, -0.2) is 58.9 Å². The quantitative estimate of drug-likeness (QED) is 0.218. The molecule has 3 N–H and O–H groups in total. The first-order valence-corrected chi connectivity index (χ1v) is 16.6. The predicted molar refractivity (Wildman–Crippen MR) is 171 cm³/mol. The molecule has 3 aromatic rings. The number of ether oxygens (including phenoxy) is 1. The Morgan fingerprint density at radius 3 is 2.53 bits per heavy atom. The monoisotopic (exact) mass is 688 g/mol. The maximum atomic E-state index is 17.2. The number of hydrogen-bond acceptors (Lipinski definition) is 7. The van der Waals surface area contributed by atoms with E-state index in [2.05, 4.69) is 21.8 Å². The Morgan fingerprint density at radius 2 is 1.82 bits per heavy atom. The van der Waals surface area contributed by atoms with E-state index in [0.29, 0.717) is 48.3 Å². The number of anilines is 2. The van der Waals surface area contributed by atoms with Crippen molar-refractivity contribution in [3.63, 3.8) is 0 Å². The van der Waals surface area contributed by atoms with E-state index in [-0.39, 0.29) is 59.7 Å². The van der Waals surface area contributed by atoms with Gasteiger partial charge in [-0.3, -0.25) is 4.90 Å². The molecule has 5 aliphatic rings. The van der Waals surface area contributed by atoms with Crippen LogP contribution < -0.4 is 20.7 Å². The molecule has 0 amide bonds. The minimum Gasteiger partial charge on any atom is -0.444 e. The fourth-order valence-corrected chi connectivity index (χ4v) is 9.09. The van der Waals surface area contributed by atoms with E-state index in [0.717, 1.165) is 32.3 Å². The van der Waals surface area contributed by atoms with Crippen LogP contribution in [0.2, 0.25) is 0 Å². The molecule has 14 heteroatoms. The zero-order valence-corrected chi connectivity index (χ0v) is 27.0. The summed E-state index contributed by atoms with van der Waals surface area (Å²) in [4.78, 5) is 13.3. The fourth-order valence-electron chi connectivity index (χ4n) is 9.09. The number of alkyl halides is 3. The van der Waals surface area contributed by atoms with Gasteiger partial charge in [-0.25, -0.2) is 8.78 Å². The molecule has 7 nitrogen and oxygen atoms in total. The van der Waals surface area contributed by atoms with Crippen LogP contribution in [0.25, 0.3) is 27.6 Å². The van der Waals surface area contributed by atoms with Gasteiger partial charge in [0.1, 0.15) is 17.2 Å². The molecule has 49 heavy (non-hydrogen) atoms. The zero-order chi connectivity index (χ0) is 34.7. The lowest BCUT2D eigenvalue weighted by Crippen LogP contribution is -2.58. The fraction of sp³-hybridized carbons (Fsp3) is 0.486. The Bertz CT molecular complexity index is 1940. The van der Waals surface area contributed by atoms with Crippen LogP contribution in [0.1, 0.15) is 60.8 Å². The van der Waals surface area contributed by atoms with Crippen molar-refractivity contribution in [2.45, 2.75) is 82.9 Å². The summed E-state index contributed by atoms with van der Waals surface area (Å²) in [6.45, 7) is 7.92. The van der Waals surface area contributed by atoms with Crippen LogP contribution in [0.3, 0.4) is 0 Å². The highest BCUT2D eigenvalue weighted by Crippen LogP contribution is 2.50. The van der Waals surface area contributed by atoms with Gasteiger partial charge in [-0.1, -0.05) is 6.58 Å². The van der Waals surface area contributed by atoms with Crippen molar-refractivity contribution >= 4 is 28.0 Å². The van der Waals surface area contributed by atoms with Gasteiger partial charge in [-0.05, 0) is 86.3 Å². The molecule has 4 fully saturated rings. The maximum absolute atomic E-state index is 17.2. The average Bonchev–Trinajstić information content (AvgIpc) is 3.36. The van der Waals surface area contributed by atoms with Crippen molar-refractivity contribution in [1.82, 2.24) is 20.2 Å². The Hall–Kier alpha value is -3.91. The number of nitrogens with one attached hydrogen (secondary N) is 1. The molecule has 8 rings (SSSR count). The van der Waals surface area contributed by atoms with Crippen molar-refractivity contribution < 1.29 is 35.5 Å². The first kappa shape index (κ1) is 32.3. The summed E-state index contributed by atoms with van der Waals surface area (Å²) in [6.07, 6.45) is -3.56. The second-order valence-corrected chi connectivity index (χ2v) is 14.1. The Kier molecular flexibility index (Phi) is 7.45. The van der Waals surface area contributed by atoms with E-state index in [1.54, 1.807) is 4.90 Å². The number of hydrogen-bond donors (Lipinski definition) is 2. The molecule has 260 valence electrons. The molecular weight excluding hydrogens is 653 g/mol. The standard InChI is InChI=1S/C35H35F7N6O/c1-14-9-23-22-7-6-19(44-22)13-48(23)32-26-24(14)15(2)25(20-11-21(43)28(36)16(3)27(20)35(40,41)42)29(37)30(26)45-34(46-32)49-33-17-5-4-8-47(33)12-18(10-17)31(38)39/h11,17,19,22-23,33,44H,1,4-10,12-13,43H2,2-3H3/t17-,19-,22+,23-,33?/m1/s1. The molecule has 0 aliphatic carbocycles. The number of nitrogens with two attached hydrogens (primary N) is 1. The van der Waals surface area contributed by atoms with Crippen LogP contribution >= 0.6 is 0 Å². The highest BCUT2D eigenvalue weighted by molar-refractivity contribution is 6.05. The van der Waals surface area contributed by atoms with Crippen molar-refractivity contribution in [3.8, 4) is 17.1 Å². The third kappa shape index (κ3) is 4.99. The molecular formula is C35H35F7N6O. The molecule has 2 unspecified atom stereocenters. The molecule has 0 spiro atoms. The van der Waals surface area contributed by atoms with Crippen molar-refractivity contribution in [1.29, 1.82) is 0 Å². The number of piperidine rings is 2. The van der Waals surface area contributed by atoms with Gasteiger partial charge in [-0.2, -0.15) is 31.9 Å². The average molecular weight is 689 g/mol. The lowest BCUT2D eigenvalue weighted by molar-refractivity contribution is -0.137. The molecule has 0 radical (unpaired) electrons. The summed E-state index contributed by atoms with van der Waals surface area (Å²) < 4.78 is 110. The van der Waals surface area contributed by atoms with Gasteiger partial charge in [0.15, 0.2) is 12.0 Å². The Balaban J connectivity index is 1.38. The predicted octanol–water partition coefficient (Wildman–Crippen LogP) is 7.49. The molecule has 0 saturated carbocycles. The van der Waals surface area contributed by atoms with Gasteiger partial charge in [0, 0.05) is 54.8 Å². The second kappa shape index (κ2) is 11.3. The molecule has 6 atom stereocenters. The molecule has 2 aromatic carbocycles. The Labute approximate surface area is 278 Å². The van der Waals surface area contributed by atoms with Crippen LogP contribution in [0.5, 0.6) is 6.01 Å². The number of rotatable bonds is 3.